The van der Waals surface area contributed by atoms with Crippen LogP contribution in [0.5, 0.6) is 5.75 Å². The van der Waals surface area contributed by atoms with E-state index >= 15 is 0 Å². The van der Waals surface area contributed by atoms with Crippen LogP contribution in [0.15, 0.2) is 65.8 Å². The van der Waals surface area contributed by atoms with Gasteiger partial charge in [0.15, 0.2) is 0 Å². The van der Waals surface area contributed by atoms with Crippen molar-refractivity contribution < 1.29 is 19.1 Å². The predicted octanol–water partition coefficient (Wildman–Crippen LogP) is 2.53. The molecule has 1 aromatic carbocycles. The van der Waals surface area contributed by atoms with Crippen molar-refractivity contribution in [2.45, 2.75) is 12.8 Å². The maximum atomic E-state index is 12.2. The number of rotatable bonds is 4. The first-order chi connectivity index (χ1) is 10.7. The molecule has 0 fully saturated rings. The van der Waals surface area contributed by atoms with E-state index in [2.05, 4.69) is 0 Å². The molecule has 0 aromatic heterocycles. The van der Waals surface area contributed by atoms with Gasteiger partial charge in [-0.2, -0.15) is 0 Å². The van der Waals surface area contributed by atoms with Crippen LogP contribution >= 0.6 is 0 Å². The van der Waals surface area contributed by atoms with Gasteiger partial charge in [-0.3, -0.25) is 14.5 Å². The van der Waals surface area contributed by atoms with Crippen LogP contribution in [0, 0.1) is 0 Å². The molecule has 0 bridgehead atoms. The maximum absolute atomic E-state index is 12.2. The van der Waals surface area contributed by atoms with Crippen molar-refractivity contribution in [2.24, 2.45) is 0 Å². The number of hydrogen-bond donors (Lipinski definition) is 0. The molecular weight excluding hydrogens is 282 g/mol. The van der Waals surface area contributed by atoms with E-state index in [1.165, 1.54) is 7.05 Å². The quantitative estimate of drug-likeness (QED) is 0.801. The lowest BCUT2D eigenvalue weighted by atomic mass is 10.2. The summed E-state index contributed by atoms with van der Waals surface area (Å²) >= 11 is 0. The van der Waals surface area contributed by atoms with E-state index < -0.39 is 11.8 Å². The lowest BCUT2D eigenvalue weighted by Gasteiger charge is -2.12. The van der Waals surface area contributed by atoms with Crippen LogP contribution in [0.4, 0.5) is 0 Å². The Morgan fingerprint density at radius 2 is 1.68 bits per heavy atom. The van der Waals surface area contributed by atoms with Gasteiger partial charge in [0.2, 0.25) is 11.5 Å². The number of hydrogen-bond acceptors (Lipinski definition) is 4. The molecule has 0 saturated carbocycles. The third-order valence-corrected chi connectivity index (χ3v) is 3.38. The Bertz CT molecular complexity index is 701. The van der Waals surface area contributed by atoms with E-state index in [4.69, 9.17) is 9.47 Å². The second-order valence-electron chi connectivity index (χ2n) is 4.94. The van der Waals surface area contributed by atoms with Crippen LogP contribution in [0.2, 0.25) is 0 Å². The normalized spacial score (nSPS) is 17.9. The van der Waals surface area contributed by atoms with Crippen LogP contribution in [-0.4, -0.2) is 23.8 Å². The predicted molar refractivity (Wildman–Crippen MR) is 79.4 cm³/mol. The number of carbonyl (C=O) groups is 2. The molecule has 1 aliphatic carbocycles. The van der Waals surface area contributed by atoms with Crippen molar-refractivity contribution in [1.82, 2.24) is 4.90 Å². The van der Waals surface area contributed by atoms with Gasteiger partial charge in [-0.15, -0.1) is 0 Å². The Kier molecular flexibility index (Phi) is 3.78. The van der Waals surface area contributed by atoms with Crippen molar-refractivity contribution in [3.63, 3.8) is 0 Å². The number of amides is 2. The van der Waals surface area contributed by atoms with Crippen molar-refractivity contribution >= 4 is 11.8 Å². The second-order valence-corrected chi connectivity index (χ2v) is 4.94. The zero-order valence-electron chi connectivity index (χ0n) is 12.1. The Labute approximate surface area is 128 Å². The van der Waals surface area contributed by atoms with Crippen LogP contribution in [-0.2, 0) is 14.3 Å². The summed E-state index contributed by atoms with van der Waals surface area (Å²) in [5, 5.41) is 0. The largest absolute Gasteiger partial charge is 0.452 e. The van der Waals surface area contributed by atoms with Gasteiger partial charge in [0.25, 0.3) is 11.8 Å². The van der Waals surface area contributed by atoms with E-state index in [1.807, 2.05) is 18.2 Å². The minimum absolute atomic E-state index is 0.0575. The number of allylic oxidation sites excluding steroid dienone is 4. The van der Waals surface area contributed by atoms with Crippen molar-refractivity contribution in [1.29, 1.82) is 0 Å². The van der Waals surface area contributed by atoms with Gasteiger partial charge in [-0.1, -0.05) is 30.4 Å². The topological polar surface area (TPSA) is 55.8 Å². The fraction of sp³-hybridized carbons (Fsp3) is 0.176. The molecule has 2 aliphatic rings. The molecule has 1 aliphatic heterocycles. The number of ether oxygens (including phenoxy) is 2. The standard InChI is InChI=1S/C17H15NO4/c1-18-16(19)14(21-12-8-4-2-5-9-12)15(17(18)20)22-13-10-6-3-7-11-13/h2-6,8-10H,7,11H2,1H3. The molecule has 22 heavy (non-hydrogen) atoms. The van der Waals surface area contributed by atoms with Crippen LogP contribution in [0.1, 0.15) is 12.8 Å². The summed E-state index contributed by atoms with van der Waals surface area (Å²) in [6, 6.07) is 8.84. The van der Waals surface area contributed by atoms with Gasteiger partial charge in [-0.05, 0) is 24.6 Å². The van der Waals surface area contributed by atoms with Crippen molar-refractivity contribution in [3.8, 4) is 5.75 Å². The molecule has 1 aromatic rings. The number of carbonyl (C=O) groups excluding carboxylic acids is 2. The number of nitrogens with zero attached hydrogens (tertiary/aromatic N) is 1. The van der Waals surface area contributed by atoms with Gasteiger partial charge in [0.1, 0.15) is 11.5 Å². The first-order valence-electron chi connectivity index (χ1n) is 7.00. The first-order valence-corrected chi connectivity index (χ1v) is 7.00. The number of likely N-dealkylation sites (N-methyl/N-ethyl adjacent to an activating group) is 1. The molecule has 0 atom stereocenters. The number of para-hydroxylation sites is 1. The lowest BCUT2D eigenvalue weighted by Crippen LogP contribution is -2.27. The minimum atomic E-state index is -0.504. The Hall–Kier alpha value is -2.82. The fourth-order valence-corrected chi connectivity index (χ4v) is 2.17. The van der Waals surface area contributed by atoms with Crippen LogP contribution < -0.4 is 4.74 Å². The van der Waals surface area contributed by atoms with E-state index in [9.17, 15) is 9.59 Å². The summed E-state index contributed by atoms with van der Waals surface area (Å²) in [5.41, 5.74) is 0. The highest BCUT2D eigenvalue weighted by atomic mass is 16.5. The molecular formula is C17H15NO4. The highest BCUT2D eigenvalue weighted by molar-refractivity contribution is 6.17. The minimum Gasteiger partial charge on any atom is -0.452 e. The monoisotopic (exact) mass is 297 g/mol. The summed E-state index contributed by atoms with van der Waals surface area (Å²) in [6.45, 7) is 0. The number of imide groups is 1. The fourth-order valence-electron chi connectivity index (χ4n) is 2.17. The molecule has 0 saturated heterocycles. The second kappa shape index (κ2) is 5.89. The molecule has 112 valence electrons. The summed E-state index contributed by atoms with van der Waals surface area (Å²) < 4.78 is 11.2. The molecule has 0 N–H and O–H groups in total. The third-order valence-electron chi connectivity index (χ3n) is 3.38. The van der Waals surface area contributed by atoms with Gasteiger partial charge in [-0.25, -0.2) is 0 Å². The smallest absolute Gasteiger partial charge is 0.300 e. The zero-order chi connectivity index (χ0) is 15.5. The van der Waals surface area contributed by atoms with Gasteiger partial charge >= 0.3 is 0 Å². The average Bonchev–Trinajstić information content (AvgIpc) is 2.75. The molecule has 2 amide bonds. The SMILES string of the molecule is CN1C(=O)C(OC2=CC=CCC2)=C(Oc2ccccc2)C1=O. The molecule has 5 heteroatoms. The summed E-state index contributed by atoms with van der Waals surface area (Å²) in [6.07, 6.45) is 7.18. The Morgan fingerprint density at radius 1 is 1.00 bits per heavy atom. The Balaban J connectivity index is 1.92. The molecule has 0 radical (unpaired) electrons. The van der Waals surface area contributed by atoms with E-state index in [0.717, 1.165) is 11.3 Å². The van der Waals surface area contributed by atoms with E-state index in [0.29, 0.717) is 17.9 Å². The summed E-state index contributed by atoms with van der Waals surface area (Å²) in [4.78, 5) is 25.4. The lowest BCUT2D eigenvalue weighted by molar-refractivity contribution is -0.137. The first kappa shape index (κ1) is 14.1. The van der Waals surface area contributed by atoms with Gasteiger partial charge in [0, 0.05) is 13.5 Å². The maximum Gasteiger partial charge on any atom is 0.300 e. The molecule has 3 rings (SSSR count). The van der Waals surface area contributed by atoms with Crippen LogP contribution in [0.3, 0.4) is 0 Å². The van der Waals surface area contributed by atoms with Gasteiger partial charge < -0.3 is 9.47 Å². The summed E-state index contributed by atoms with van der Waals surface area (Å²) in [7, 11) is 1.41. The van der Waals surface area contributed by atoms with E-state index in [1.54, 1.807) is 30.3 Å². The van der Waals surface area contributed by atoms with Crippen molar-refractivity contribution in [2.75, 3.05) is 7.05 Å². The molecule has 1 heterocycles. The molecule has 0 unspecified atom stereocenters. The Morgan fingerprint density at radius 3 is 2.32 bits per heavy atom. The highest BCUT2D eigenvalue weighted by Crippen LogP contribution is 2.27. The van der Waals surface area contributed by atoms with Crippen molar-refractivity contribution in [3.05, 3.63) is 65.8 Å². The summed E-state index contributed by atoms with van der Waals surface area (Å²) in [5.74, 6) is -0.00933. The highest BCUT2D eigenvalue weighted by Gasteiger charge is 2.40. The molecule has 0 spiro atoms. The number of benzene rings is 1. The van der Waals surface area contributed by atoms with E-state index in [-0.39, 0.29) is 11.5 Å². The molecule has 5 nitrogen and oxygen atoms in total. The zero-order valence-corrected chi connectivity index (χ0v) is 12.1. The average molecular weight is 297 g/mol. The van der Waals surface area contributed by atoms with Gasteiger partial charge in [0.05, 0.1) is 0 Å². The third kappa shape index (κ3) is 2.65. The van der Waals surface area contributed by atoms with Crippen LogP contribution in [0.25, 0.3) is 0 Å².